The molecule has 0 saturated heterocycles. The van der Waals surface area contributed by atoms with E-state index in [0.29, 0.717) is 24.6 Å². The Kier molecular flexibility index (Phi) is 5.22. The zero-order valence-electron chi connectivity index (χ0n) is 13.0. The van der Waals surface area contributed by atoms with Crippen LogP contribution in [0.25, 0.3) is 0 Å². The Morgan fingerprint density at radius 1 is 1.21 bits per heavy atom. The third kappa shape index (κ3) is 4.42. The highest BCUT2D eigenvalue weighted by molar-refractivity contribution is 7.09. The van der Waals surface area contributed by atoms with Gasteiger partial charge in [0.05, 0.1) is 19.2 Å². The standard InChI is InChI=1S/C17H17N3O3S/c21-16(22)8-9-20(12-14-7-4-10-23-14)17-18-15(19-24-17)11-13-5-2-1-3-6-13/h1-7,10H,8-9,11-12H2,(H,21,22). The first-order valence-electron chi connectivity index (χ1n) is 7.56. The summed E-state index contributed by atoms with van der Waals surface area (Å²) in [5.41, 5.74) is 1.14. The summed E-state index contributed by atoms with van der Waals surface area (Å²) in [6, 6.07) is 13.7. The van der Waals surface area contributed by atoms with Crippen LogP contribution in [0.4, 0.5) is 5.13 Å². The van der Waals surface area contributed by atoms with Crippen molar-refractivity contribution in [1.82, 2.24) is 9.36 Å². The summed E-state index contributed by atoms with van der Waals surface area (Å²) in [6.45, 7) is 0.830. The van der Waals surface area contributed by atoms with Crippen LogP contribution in [-0.4, -0.2) is 27.0 Å². The Hall–Kier alpha value is -2.67. The summed E-state index contributed by atoms with van der Waals surface area (Å²) in [4.78, 5) is 17.4. The van der Waals surface area contributed by atoms with Crippen molar-refractivity contribution in [3.63, 3.8) is 0 Å². The number of carboxylic acid groups (broad SMARTS) is 1. The molecular weight excluding hydrogens is 326 g/mol. The molecule has 0 aliphatic carbocycles. The Morgan fingerprint density at radius 3 is 2.75 bits per heavy atom. The number of aromatic nitrogens is 2. The number of nitrogens with zero attached hydrogens (tertiary/aromatic N) is 3. The molecule has 2 heterocycles. The van der Waals surface area contributed by atoms with Crippen LogP contribution in [0.15, 0.2) is 53.1 Å². The number of carbonyl (C=O) groups is 1. The van der Waals surface area contributed by atoms with Gasteiger partial charge in [-0.3, -0.25) is 4.79 Å². The highest BCUT2D eigenvalue weighted by Crippen LogP contribution is 2.21. The molecule has 3 rings (SSSR count). The van der Waals surface area contributed by atoms with Crippen molar-refractivity contribution in [2.75, 3.05) is 11.4 Å². The van der Waals surface area contributed by atoms with Gasteiger partial charge in [0.15, 0.2) is 0 Å². The average Bonchev–Trinajstić information content (AvgIpc) is 3.24. The van der Waals surface area contributed by atoms with Gasteiger partial charge in [-0.05, 0) is 17.7 Å². The summed E-state index contributed by atoms with van der Waals surface area (Å²) in [5, 5.41) is 9.66. The van der Waals surface area contributed by atoms with Gasteiger partial charge in [-0.25, -0.2) is 4.98 Å². The Labute approximate surface area is 143 Å². The van der Waals surface area contributed by atoms with E-state index in [-0.39, 0.29) is 6.42 Å². The number of hydrogen-bond acceptors (Lipinski definition) is 6. The lowest BCUT2D eigenvalue weighted by molar-refractivity contribution is -0.136. The second-order valence-corrected chi connectivity index (χ2v) is 6.03. The monoisotopic (exact) mass is 343 g/mol. The molecular formula is C17H17N3O3S. The molecule has 0 spiro atoms. The zero-order chi connectivity index (χ0) is 16.8. The van der Waals surface area contributed by atoms with Gasteiger partial charge < -0.3 is 14.4 Å². The van der Waals surface area contributed by atoms with Gasteiger partial charge in [-0.2, -0.15) is 4.37 Å². The van der Waals surface area contributed by atoms with Gasteiger partial charge in [-0.15, -0.1) is 0 Å². The molecule has 3 aromatic rings. The maximum atomic E-state index is 10.9. The zero-order valence-corrected chi connectivity index (χ0v) is 13.8. The number of aliphatic carboxylic acids is 1. The fourth-order valence-corrected chi connectivity index (χ4v) is 3.00. The van der Waals surface area contributed by atoms with Crippen LogP contribution in [0.3, 0.4) is 0 Å². The van der Waals surface area contributed by atoms with E-state index in [1.165, 1.54) is 11.5 Å². The molecule has 0 aliphatic heterocycles. The van der Waals surface area contributed by atoms with Crippen LogP contribution < -0.4 is 4.90 Å². The predicted octanol–water partition coefficient (Wildman–Crippen LogP) is 3.20. The van der Waals surface area contributed by atoms with E-state index in [0.717, 1.165) is 17.1 Å². The molecule has 24 heavy (non-hydrogen) atoms. The van der Waals surface area contributed by atoms with E-state index >= 15 is 0 Å². The molecule has 0 amide bonds. The Bertz CT molecular complexity index is 772. The Balaban J connectivity index is 1.73. The first kappa shape index (κ1) is 16.2. The van der Waals surface area contributed by atoms with Gasteiger partial charge in [0.25, 0.3) is 0 Å². The number of benzene rings is 1. The molecule has 1 aromatic carbocycles. The lowest BCUT2D eigenvalue weighted by Crippen LogP contribution is -2.25. The maximum Gasteiger partial charge on any atom is 0.305 e. The van der Waals surface area contributed by atoms with E-state index in [1.807, 2.05) is 47.4 Å². The lowest BCUT2D eigenvalue weighted by atomic mass is 10.1. The van der Waals surface area contributed by atoms with Crippen molar-refractivity contribution in [3.8, 4) is 0 Å². The van der Waals surface area contributed by atoms with Crippen molar-refractivity contribution in [1.29, 1.82) is 0 Å². The van der Waals surface area contributed by atoms with Gasteiger partial charge in [0.1, 0.15) is 11.6 Å². The third-order valence-electron chi connectivity index (χ3n) is 3.46. The molecule has 0 unspecified atom stereocenters. The summed E-state index contributed by atoms with van der Waals surface area (Å²) in [5.74, 6) is 0.662. The van der Waals surface area contributed by atoms with Crippen molar-refractivity contribution in [2.45, 2.75) is 19.4 Å². The first-order valence-corrected chi connectivity index (χ1v) is 8.33. The molecule has 0 radical (unpaired) electrons. The second-order valence-electron chi connectivity index (χ2n) is 5.30. The molecule has 2 aromatic heterocycles. The van der Waals surface area contributed by atoms with Crippen molar-refractivity contribution in [2.24, 2.45) is 0 Å². The predicted molar refractivity (Wildman–Crippen MR) is 91.2 cm³/mol. The number of carboxylic acids is 1. The fraction of sp³-hybridized carbons (Fsp3) is 0.235. The Morgan fingerprint density at radius 2 is 2.04 bits per heavy atom. The highest BCUT2D eigenvalue weighted by Gasteiger charge is 2.16. The van der Waals surface area contributed by atoms with E-state index in [2.05, 4.69) is 9.36 Å². The van der Waals surface area contributed by atoms with E-state index in [4.69, 9.17) is 9.52 Å². The molecule has 0 bridgehead atoms. The highest BCUT2D eigenvalue weighted by atomic mass is 32.1. The number of rotatable bonds is 8. The van der Waals surface area contributed by atoms with Crippen LogP contribution in [0.2, 0.25) is 0 Å². The van der Waals surface area contributed by atoms with Crippen LogP contribution in [0, 0.1) is 0 Å². The van der Waals surface area contributed by atoms with E-state index < -0.39 is 5.97 Å². The van der Waals surface area contributed by atoms with Crippen molar-refractivity contribution < 1.29 is 14.3 Å². The van der Waals surface area contributed by atoms with Crippen LogP contribution in [0.1, 0.15) is 23.6 Å². The largest absolute Gasteiger partial charge is 0.481 e. The van der Waals surface area contributed by atoms with Gasteiger partial charge >= 0.3 is 5.97 Å². The third-order valence-corrected chi connectivity index (χ3v) is 4.27. The first-order chi connectivity index (χ1) is 11.7. The molecule has 0 fully saturated rings. The normalized spacial score (nSPS) is 10.7. The summed E-state index contributed by atoms with van der Waals surface area (Å²) in [6.07, 6.45) is 2.30. The number of furan rings is 1. The average molecular weight is 343 g/mol. The SMILES string of the molecule is O=C(O)CCN(Cc1ccco1)c1nc(Cc2ccccc2)ns1. The quantitative estimate of drug-likeness (QED) is 0.676. The lowest BCUT2D eigenvalue weighted by Gasteiger charge is -2.19. The minimum atomic E-state index is -0.839. The van der Waals surface area contributed by atoms with Crippen LogP contribution in [-0.2, 0) is 17.8 Å². The fourth-order valence-electron chi connectivity index (χ4n) is 2.29. The van der Waals surface area contributed by atoms with Crippen LogP contribution in [0.5, 0.6) is 0 Å². The van der Waals surface area contributed by atoms with Gasteiger partial charge in [0, 0.05) is 24.5 Å². The smallest absolute Gasteiger partial charge is 0.305 e. The summed E-state index contributed by atoms with van der Waals surface area (Å²) >= 11 is 1.28. The maximum absolute atomic E-state index is 10.9. The minimum absolute atomic E-state index is 0.0360. The molecule has 6 nitrogen and oxygen atoms in total. The summed E-state index contributed by atoms with van der Waals surface area (Å²) < 4.78 is 9.76. The number of anilines is 1. The van der Waals surface area contributed by atoms with Gasteiger partial charge in [0.2, 0.25) is 5.13 Å². The molecule has 124 valence electrons. The van der Waals surface area contributed by atoms with E-state index in [9.17, 15) is 4.79 Å². The van der Waals surface area contributed by atoms with E-state index in [1.54, 1.807) is 6.26 Å². The molecule has 0 saturated carbocycles. The topological polar surface area (TPSA) is 79.5 Å². The summed E-state index contributed by atoms with van der Waals surface area (Å²) in [7, 11) is 0. The minimum Gasteiger partial charge on any atom is -0.481 e. The number of hydrogen-bond donors (Lipinski definition) is 1. The van der Waals surface area contributed by atoms with Crippen molar-refractivity contribution in [3.05, 3.63) is 65.9 Å². The second kappa shape index (κ2) is 7.74. The van der Waals surface area contributed by atoms with Crippen LogP contribution >= 0.6 is 11.5 Å². The van der Waals surface area contributed by atoms with Gasteiger partial charge in [-0.1, -0.05) is 30.3 Å². The molecule has 0 atom stereocenters. The van der Waals surface area contributed by atoms with Crippen molar-refractivity contribution >= 4 is 22.6 Å². The molecule has 1 N–H and O–H groups in total. The molecule has 0 aliphatic rings. The molecule has 7 heteroatoms.